The number of hydrogen-bond donors (Lipinski definition) is 12. The van der Waals surface area contributed by atoms with Gasteiger partial charge in [-0.1, -0.05) is 254 Å². The second-order valence-corrected chi connectivity index (χ2v) is 26.7. The number of hydrogen-bond acceptors (Lipinski definition) is 18. The summed E-state index contributed by atoms with van der Waals surface area (Å²) in [6.07, 6.45) is 46.3. The summed E-state index contributed by atoms with van der Waals surface area (Å²) in [6.45, 7) is 1.66. The molecule has 0 radical (unpaired) electrons. The molecule has 3 rings (SSSR count). The lowest BCUT2D eigenvalue weighted by atomic mass is 9.96. The van der Waals surface area contributed by atoms with E-state index in [4.69, 9.17) is 28.4 Å². The van der Waals surface area contributed by atoms with Crippen LogP contribution in [0, 0.1) is 0 Å². The maximum absolute atomic E-state index is 13.4. The third-order valence-electron chi connectivity index (χ3n) is 18.5. The van der Waals surface area contributed by atoms with Crippen LogP contribution in [0.1, 0.15) is 271 Å². The average molecular weight is 1350 g/mol. The summed E-state index contributed by atoms with van der Waals surface area (Å²) < 4.78 is 34.3. The standard InChI is InChI=1S/C76H135NO18/c1-3-5-7-9-11-13-15-17-18-19-20-21-22-23-24-25-26-27-28-29-30-31-32-33-34-35-36-37-38-39-40-42-44-46-48-50-52-54-64(82)77-59(60(81)53-51-49-47-45-43-41-16-14-12-10-8-6-4-2)58-90-74-70(88)67(85)72(62(56-79)92-74)95-76-71(89)68(86)73(63(57-80)93-76)94-75-69(87)66(84)65(83)61(55-78)91-75/h12,14-15,17,19-20,22-23,43,45,51,53,59-63,65-76,78-81,83-89H,3-11,13,16,18,21,24-42,44,46-50,52,54-58H2,1-2H3,(H,77,82)/b14-12+,17-15-,20-19-,23-22-,45-43+,53-51+. The highest BCUT2D eigenvalue weighted by molar-refractivity contribution is 5.76. The van der Waals surface area contributed by atoms with E-state index < -0.39 is 124 Å². The molecule has 0 aromatic heterocycles. The van der Waals surface area contributed by atoms with Crippen LogP contribution in [0.3, 0.4) is 0 Å². The van der Waals surface area contributed by atoms with Crippen molar-refractivity contribution >= 4 is 5.91 Å². The van der Waals surface area contributed by atoms with Crippen molar-refractivity contribution in [1.29, 1.82) is 0 Å². The number of carbonyl (C=O) groups is 1. The topological polar surface area (TPSA) is 307 Å². The number of nitrogens with one attached hydrogen (secondary N) is 1. The second kappa shape index (κ2) is 56.9. The largest absolute Gasteiger partial charge is 0.394 e. The van der Waals surface area contributed by atoms with Crippen molar-refractivity contribution in [2.75, 3.05) is 26.4 Å². The van der Waals surface area contributed by atoms with E-state index in [-0.39, 0.29) is 18.9 Å². The van der Waals surface area contributed by atoms with Gasteiger partial charge in [0.1, 0.15) is 73.2 Å². The molecular weight excluding hydrogens is 1210 g/mol. The molecule has 3 heterocycles. The molecule has 1 amide bonds. The number of carbonyl (C=O) groups excluding carboxylic acids is 1. The molecule has 0 bridgehead atoms. The monoisotopic (exact) mass is 1350 g/mol. The van der Waals surface area contributed by atoms with Crippen LogP contribution in [-0.4, -0.2) is 193 Å². The summed E-state index contributed by atoms with van der Waals surface area (Å²) in [4.78, 5) is 13.4. The molecule has 95 heavy (non-hydrogen) atoms. The number of aliphatic hydroxyl groups is 11. The highest BCUT2D eigenvalue weighted by atomic mass is 16.8. The zero-order valence-electron chi connectivity index (χ0n) is 58.6. The smallest absolute Gasteiger partial charge is 0.220 e. The first-order valence-electron chi connectivity index (χ1n) is 37.7. The summed E-state index contributed by atoms with van der Waals surface area (Å²) in [5.41, 5.74) is 0. The summed E-state index contributed by atoms with van der Waals surface area (Å²) >= 11 is 0. The van der Waals surface area contributed by atoms with Crippen LogP contribution in [0.5, 0.6) is 0 Å². The van der Waals surface area contributed by atoms with E-state index in [9.17, 15) is 61.0 Å². The fourth-order valence-electron chi connectivity index (χ4n) is 12.3. The van der Waals surface area contributed by atoms with Crippen molar-refractivity contribution in [3.8, 4) is 0 Å². The maximum Gasteiger partial charge on any atom is 0.220 e. The summed E-state index contributed by atoms with van der Waals surface area (Å²) in [5.74, 6) is -0.289. The molecular formula is C76H135NO18. The van der Waals surface area contributed by atoms with Crippen LogP contribution in [0.2, 0.25) is 0 Å². The number of allylic oxidation sites excluding steroid dienone is 11. The predicted molar refractivity (Wildman–Crippen MR) is 374 cm³/mol. The Morgan fingerprint density at radius 3 is 1.15 bits per heavy atom. The maximum atomic E-state index is 13.4. The Bertz CT molecular complexity index is 2000. The van der Waals surface area contributed by atoms with Crippen LogP contribution >= 0.6 is 0 Å². The molecule has 0 saturated carbocycles. The number of ether oxygens (including phenoxy) is 6. The van der Waals surface area contributed by atoms with E-state index in [1.807, 2.05) is 6.08 Å². The Morgan fingerprint density at radius 2 is 0.705 bits per heavy atom. The van der Waals surface area contributed by atoms with Crippen molar-refractivity contribution in [2.24, 2.45) is 0 Å². The molecule has 3 fully saturated rings. The van der Waals surface area contributed by atoms with Crippen molar-refractivity contribution in [3.63, 3.8) is 0 Å². The minimum atomic E-state index is -1.98. The van der Waals surface area contributed by atoms with Gasteiger partial charge in [-0.2, -0.15) is 0 Å². The van der Waals surface area contributed by atoms with Gasteiger partial charge in [-0.15, -0.1) is 0 Å². The molecule has 19 heteroatoms. The second-order valence-electron chi connectivity index (χ2n) is 26.7. The summed E-state index contributed by atoms with van der Waals surface area (Å²) in [6, 6.07) is -0.997. The fourth-order valence-corrected chi connectivity index (χ4v) is 12.3. The van der Waals surface area contributed by atoms with Gasteiger partial charge >= 0.3 is 0 Å². The summed E-state index contributed by atoms with van der Waals surface area (Å²) in [5, 5.41) is 120. The molecule has 3 aliphatic rings. The van der Waals surface area contributed by atoms with E-state index in [2.05, 4.69) is 79.9 Å². The molecule has 19 nitrogen and oxygen atoms in total. The Labute approximate surface area is 572 Å². The van der Waals surface area contributed by atoms with Gasteiger partial charge < -0.3 is 89.9 Å². The van der Waals surface area contributed by atoms with E-state index in [1.54, 1.807) is 6.08 Å². The van der Waals surface area contributed by atoms with Crippen LogP contribution in [0.4, 0.5) is 0 Å². The van der Waals surface area contributed by atoms with Crippen LogP contribution < -0.4 is 5.32 Å². The van der Waals surface area contributed by atoms with Gasteiger partial charge in [-0.25, -0.2) is 0 Å². The minimum Gasteiger partial charge on any atom is -0.394 e. The average Bonchev–Trinajstić information content (AvgIpc) is 0.787. The van der Waals surface area contributed by atoms with Gasteiger partial charge in [-0.3, -0.25) is 4.79 Å². The molecule has 0 aromatic carbocycles. The first-order valence-corrected chi connectivity index (χ1v) is 37.7. The highest BCUT2D eigenvalue weighted by Gasteiger charge is 2.53. The fraction of sp³-hybridized carbons (Fsp3) is 0.829. The van der Waals surface area contributed by atoms with Gasteiger partial charge in [0.15, 0.2) is 18.9 Å². The number of unbranched alkanes of at least 4 members (excludes halogenated alkanes) is 32. The van der Waals surface area contributed by atoms with E-state index in [0.717, 1.165) is 57.8 Å². The SMILES string of the molecule is CCCCC/C=C/CC/C=C/CC/C=C/C(O)C(COC1OC(CO)C(OC2OC(CO)C(OC3OC(CO)C(O)C(O)C3O)C(O)C2O)C(O)C1O)NC(=O)CCCCCCCCCCCCCCCCCCCCCCCC/C=C\C/C=C\C/C=C\CCCCCCC. The zero-order valence-corrected chi connectivity index (χ0v) is 58.6. The van der Waals surface area contributed by atoms with E-state index in [1.165, 1.54) is 180 Å². The lowest BCUT2D eigenvalue weighted by Gasteiger charge is -2.48. The number of amides is 1. The van der Waals surface area contributed by atoms with Crippen LogP contribution in [0.15, 0.2) is 72.9 Å². The van der Waals surface area contributed by atoms with Crippen LogP contribution in [-0.2, 0) is 33.2 Å². The van der Waals surface area contributed by atoms with Gasteiger partial charge in [0.25, 0.3) is 0 Å². The normalized spacial score (nSPS) is 27.6. The first kappa shape index (κ1) is 86.5. The molecule has 552 valence electrons. The molecule has 0 spiro atoms. The third kappa shape index (κ3) is 38.0. The molecule has 12 N–H and O–H groups in total. The number of rotatable bonds is 58. The molecule has 3 saturated heterocycles. The minimum absolute atomic E-state index is 0.232. The third-order valence-corrected chi connectivity index (χ3v) is 18.5. The van der Waals surface area contributed by atoms with Crippen molar-refractivity contribution < 1.29 is 89.4 Å². The van der Waals surface area contributed by atoms with Gasteiger partial charge in [0.05, 0.1) is 38.6 Å². The Morgan fingerprint density at radius 1 is 0.379 bits per heavy atom. The Hall–Kier alpha value is -2.77. The van der Waals surface area contributed by atoms with Gasteiger partial charge in [0, 0.05) is 6.42 Å². The van der Waals surface area contributed by atoms with E-state index in [0.29, 0.717) is 12.8 Å². The lowest BCUT2D eigenvalue weighted by molar-refractivity contribution is -0.379. The predicted octanol–water partition coefficient (Wildman–Crippen LogP) is 11.3. The van der Waals surface area contributed by atoms with Gasteiger partial charge in [0.2, 0.25) is 5.91 Å². The number of aliphatic hydroxyl groups excluding tert-OH is 11. The molecule has 17 atom stereocenters. The first-order chi connectivity index (χ1) is 46.3. The Kier molecular flexibility index (Phi) is 51.8. The van der Waals surface area contributed by atoms with Crippen molar-refractivity contribution in [1.82, 2.24) is 5.32 Å². The molecule has 17 unspecified atom stereocenters. The zero-order chi connectivity index (χ0) is 68.9. The van der Waals surface area contributed by atoms with Gasteiger partial charge in [-0.05, 0) is 83.5 Å². The van der Waals surface area contributed by atoms with Crippen molar-refractivity contribution in [3.05, 3.63) is 72.9 Å². The van der Waals surface area contributed by atoms with Crippen LogP contribution in [0.25, 0.3) is 0 Å². The summed E-state index contributed by atoms with van der Waals surface area (Å²) in [7, 11) is 0. The quantitative estimate of drug-likeness (QED) is 0.0199. The van der Waals surface area contributed by atoms with E-state index >= 15 is 0 Å². The molecule has 0 aliphatic carbocycles. The Balaban J connectivity index is 1.31. The molecule has 0 aromatic rings. The highest BCUT2D eigenvalue weighted by Crippen LogP contribution is 2.33. The lowest BCUT2D eigenvalue weighted by Crippen LogP contribution is -2.66. The van der Waals surface area contributed by atoms with Crippen molar-refractivity contribution in [2.45, 2.75) is 375 Å². The molecule has 3 aliphatic heterocycles.